The smallest absolute Gasteiger partial charge is 0.248 e. The highest BCUT2D eigenvalue weighted by Crippen LogP contribution is 2.36. The van der Waals surface area contributed by atoms with Crippen LogP contribution in [0.5, 0.6) is 0 Å². The summed E-state index contributed by atoms with van der Waals surface area (Å²) < 4.78 is 26.0. The molecule has 108 valence electrons. The van der Waals surface area contributed by atoms with E-state index >= 15 is 0 Å². The number of rotatable bonds is 4. The third kappa shape index (κ3) is 3.85. The largest absolute Gasteiger partial charge is 0.348 e. The van der Waals surface area contributed by atoms with Crippen molar-refractivity contribution in [3.8, 4) is 0 Å². The average molecular weight is 281 g/mol. The van der Waals surface area contributed by atoms with Gasteiger partial charge < -0.3 is 5.32 Å². The van der Waals surface area contributed by atoms with Gasteiger partial charge in [0.25, 0.3) is 0 Å². The molecule has 1 N–H and O–H groups in total. The van der Waals surface area contributed by atoms with E-state index in [-0.39, 0.29) is 43.9 Å². The molecule has 0 aromatic heterocycles. The molecule has 1 aliphatic rings. The van der Waals surface area contributed by atoms with Gasteiger partial charge in [0, 0.05) is 24.3 Å². The van der Waals surface area contributed by atoms with Gasteiger partial charge in [-0.15, -0.1) is 0 Å². The van der Waals surface area contributed by atoms with Crippen LogP contribution >= 0.6 is 0 Å². The Morgan fingerprint density at radius 3 is 2.35 bits per heavy atom. The second-order valence-corrected chi connectivity index (χ2v) is 5.14. The van der Waals surface area contributed by atoms with Crippen molar-refractivity contribution in [1.82, 2.24) is 5.32 Å². The lowest BCUT2D eigenvalue weighted by Crippen LogP contribution is -2.38. The number of benzene rings is 1. The summed E-state index contributed by atoms with van der Waals surface area (Å²) in [6, 6.07) is 8.65. The van der Waals surface area contributed by atoms with E-state index < -0.39 is 11.8 Å². The summed E-state index contributed by atoms with van der Waals surface area (Å²) in [6.45, 7) is -0.0876. The van der Waals surface area contributed by atoms with E-state index in [1.807, 2.05) is 0 Å². The molecule has 2 rings (SSSR count). The molecule has 3 nitrogen and oxygen atoms in total. The fourth-order valence-electron chi connectivity index (χ4n) is 2.34. The van der Waals surface area contributed by atoms with E-state index in [2.05, 4.69) is 5.32 Å². The molecule has 0 aliphatic heterocycles. The Hall–Kier alpha value is -1.78. The number of amides is 1. The Labute approximate surface area is 116 Å². The summed E-state index contributed by atoms with van der Waals surface area (Å²) in [5.41, 5.74) is 0.531. The van der Waals surface area contributed by atoms with Crippen LogP contribution < -0.4 is 5.32 Å². The first kappa shape index (κ1) is 14.6. The van der Waals surface area contributed by atoms with Crippen molar-refractivity contribution in [1.29, 1.82) is 0 Å². The third-order valence-corrected chi connectivity index (χ3v) is 3.61. The Morgan fingerprint density at radius 1 is 1.15 bits per heavy atom. The van der Waals surface area contributed by atoms with Crippen molar-refractivity contribution in [3.05, 3.63) is 35.9 Å². The van der Waals surface area contributed by atoms with Gasteiger partial charge in [-0.3, -0.25) is 9.59 Å². The summed E-state index contributed by atoms with van der Waals surface area (Å²) >= 11 is 0. The number of carbonyl (C=O) groups excluding carboxylic acids is 2. The second kappa shape index (κ2) is 6.11. The Morgan fingerprint density at radius 2 is 1.75 bits per heavy atom. The molecule has 1 amide bonds. The molecule has 0 unspecified atom stereocenters. The van der Waals surface area contributed by atoms with Crippen LogP contribution in [0.25, 0.3) is 0 Å². The fraction of sp³-hybridized carbons (Fsp3) is 0.467. The first-order valence-corrected chi connectivity index (χ1v) is 6.72. The first-order valence-electron chi connectivity index (χ1n) is 6.72. The minimum absolute atomic E-state index is 0.0876. The number of ketones is 1. The van der Waals surface area contributed by atoms with Crippen molar-refractivity contribution >= 4 is 11.7 Å². The van der Waals surface area contributed by atoms with Gasteiger partial charge in [-0.1, -0.05) is 30.3 Å². The maximum Gasteiger partial charge on any atom is 0.248 e. The van der Waals surface area contributed by atoms with Crippen LogP contribution in [0.1, 0.15) is 36.0 Å². The topological polar surface area (TPSA) is 46.2 Å². The average Bonchev–Trinajstić information content (AvgIpc) is 2.45. The molecular weight excluding hydrogens is 264 g/mol. The molecule has 5 heteroatoms. The summed E-state index contributed by atoms with van der Waals surface area (Å²) in [4.78, 5) is 23.6. The van der Waals surface area contributed by atoms with E-state index in [9.17, 15) is 18.4 Å². The molecule has 20 heavy (non-hydrogen) atoms. The van der Waals surface area contributed by atoms with E-state index in [4.69, 9.17) is 0 Å². The quantitative estimate of drug-likeness (QED) is 0.863. The van der Waals surface area contributed by atoms with Gasteiger partial charge in [-0.25, -0.2) is 8.78 Å². The van der Waals surface area contributed by atoms with Crippen LogP contribution in [0, 0.1) is 5.92 Å². The van der Waals surface area contributed by atoms with Gasteiger partial charge in [-0.05, 0) is 12.8 Å². The first-order chi connectivity index (χ1) is 9.48. The van der Waals surface area contributed by atoms with Gasteiger partial charge in [0.1, 0.15) is 0 Å². The van der Waals surface area contributed by atoms with Gasteiger partial charge in [0.15, 0.2) is 5.78 Å². The number of nitrogens with one attached hydrogen (secondary N) is 1. The SMILES string of the molecule is O=C(CNC(=O)C1CCC(F)(F)CC1)c1ccccc1. The molecule has 0 saturated heterocycles. The molecule has 1 aliphatic carbocycles. The lowest BCUT2D eigenvalue weighted by Gasteiger charge is -2.27. The monoisotopic (exact) mass is 281 g/mol. The summed E-state index contributed by atoms with van der Waals surface area (Å²) in [7, 11) is 0. The Bertz CT molecular complexity index is 478. The predicted molar refractivity (Wildman–Crippen MR) is 70.7 cm³/mol. The molecule has 0 spiro atoms. The standard InChI is InChI=1S/C15H17F2NO2/c16-15(17)8-6-12(7-9-15)14(20)18-10-13(19)11-4-2-1-3-5-11/h1-5,12H,6-10H2,(H,18,20). The molecule has 0 heterocycles. The van der Waals surface area contributed by atoms with Crippen LogP contribution in [0.15, 0.2) is 30.3 Å². The van der Waals surface area contributed by atoms with E-state index in [0.717, 1.165) is 0 Å². The molecule has 0 atom stereocenters. The maximum absolute atomic E-state index is 13.0. The van der Waals surface area contributed by atoms with Crippen LogP contribution in [0.4, 0.5) is 8.78 Å². The van der Waals surface area contributed by atoms with Crippen LogP contribution in [-0.2, 0) is 4.79 Å². The van der Waals surface area contributed by atoms with Crippen molar-refractivity contribution < 1.29 is 18.4 Å². The van der Waals surface area contributed by atoms with Crippen LogP contribution in [0.3, 0.4) is 0 Å². The zero-order valence-electron chi connectivity index (χ0n) is 11.1. The van der Waals surface area contributed by atoms with E-state index in [1.165, 1.54) is 0 Å². The molecule has 0 radical (unpaired) electrons. The lowest BCUT2D eigenvalue weighted by molar-refractivity contribution is -0.128. The molecule has 0 bridgehead atoms. The van der Waals surface area contributed by atoms with Crippen LogP contribution in [0.2, 0.25) is 0 Å². The fourth-order valence-corrected chi connectivity index (χ4v) is 2.34. The van der Waals surface area contributed by atoms with Gasteiger partial charge >= 0.3 is 0 Å². The highest BCUT2D eigenvalue weighted by Gasteiger charge is 2.37. The third-order valence-electron chi connectivity index (χ3n) is 3.61. The number of alkyl halides is 2. The van der Waals surface area contributed by atoms with E-state index in [1.54, 1.807) is 30.3 Å². The molecule has 1 fully saturated rings. The maximum atomic E-state index is 13.0. The van der Waals surface area contributed by atoms with Crippen LogP contribution in [-0.4, -0.2) is 24.2 Å². The molecule has 1 saturated carbocycles. The van der Waals surface area contributed by atoms with Crippen molar-refractivity contribution in [3.63, 3.8) is 0 Å². The Kier molecular flexibility index (Phi) is 4.47. The zero-order chi connectivity index (χ0) is 14.6. The summed E-state index contributed by atoms with van der Waals surface area (Å²) in [5.74, 6) is -3.53. The zero-order valence-corrected chi connectivity index (χ0v) is 11.1. The molecule has 1 aromatic rings. The number of hydrogen-bond donors (Lipinski definition) is 1. The predicted octanol–water partition coefficient (Wildman–Crippen LogP) is 2.81. The van der Waals surface area contributed by atoms with Gasteiger partial charge in [-0.2, -0.15) is 0 Å². The van der Waals surface area contributed by atoms with E-state index in [0.29, 0.717) is 5.56 Å². The van der Waals surface area contributed by atoms with Crippen molar-refractivity contribution in [2.45, 2.75) is 31.6 Å². The number of halogens is 2. The number of hydrogen-bond acceptors (Lipinski definition) is 2. The van der Waals surface area contributed by atoms with Gasteiger partial charge in [0.2, 0.25) is 11.8 Å². The highest BCUT2D eigenvalue weighted by atomic mass is 19.3. The number of Topliss-reactive ketones (excluding diaryl/α,β-unsaturated/α-hetero) is 1. The van der Waals surface area contributed by atoms with Crippen molar-refractivity contribution in [2.75, 3.05) is 6.54 Å². The van der Waals surface area contributed by atoms with Crippen molar-refractivity contribution in [2.24, 2.45) is 5.92 Å². The molecular formula is C15H17F2NO2. The number of carbonyl (C=O) groups is 2. The second-order valence-electron chi connectivity index (χ2n) is 5.14. The Balaban J connectivity index is 1.80. The minimum Gasteiger partial charge on any atom is -0.348 e. The van der Waals surface area contributed by atoms with Gasteiger partial charge in [0.05, 0.1) is 6.54 Å². The molecule has 1 aromatic carbocycles. The minimum atomic E-state index is -2.64. The normalized spacial score (nSPS) is 18.5. The summed E-state index contributed by atoms with van der Waals surface area (Å²) in [6.07, 6.45) is -0.147. The highest BCUT2D eigenvalue weighted by molar-refractivity contribution is 5.99. The summed E-state index contributed by atoms with van der Waals surface area (Å²) in [5, 5.41) is 2.54. The lowest BCUT2D eigenvalue weighted by atomic mass is 9.86.